The van der Waals surface area contributed by atoms with Crippen LogP contribution < -0.4 is 9.47 Å². The largest absolute Gasteiger partial charge is 0.493 e. The lowest BCUT2D eigenvalue weighted by Gasteiger charge is -2.12. The van der Waals surface area contributed by atoms with Gasteiger partial charge in [-0.15, -0.1) is 0 Å². The van der Waals surface area contributed by atoms with Crippen molar-refractivity contribution in [2.45, 2.75) is 0 Å². The van der Waals surface area contributed by atoms with Crippen molar-refractivity contribution in [2.75, 3.05) is 14.2 Å². The molecule has 2 heterocycles. The fourth-order valence-corrected chi connectivity index (χ4v) is 3.37. The molecule has 0 bridgehead atoms. The first kappa shape index (κ1) is 18.8. The second-order valence-electron chi connectivity index (χ2n) is 6.21. The minimum Gasteiger partial charge on any atom is -0.493 e. The highest BCUT2D eigenvalue weighted by Gasteiger charge is 2.21. The molecule has 0 saturated heterocycles. The van der Waals surface area contributed by atoms with Crippen LogP contribution in [0, 0.1) is 0 Å². The number of methoxy groups -OCH3 is 2. The predicted octanol–water partition coefficient (Wildman–Crippen LogP) is 4.66. The lowest BCUT2D eigenvalue weighted by Crippen LogP contribution is -2.01. The molecule has 0 aliphatic rings. The maximum absolute atomic E-state index is 12.1. The quantitative estimate of drug-likeness (QED) is 0.497. The number of benzene rings is 2. The number of pyridine rings is 1. The summed E-state index contributed by atoms with van der Waals surface area (Å²) in [5.41, 5.74) is 2.70. The SMILES string of the molecule is COc1cccc(-c2cc(C(=O)O)c3c(-c4ccc(Cl)cc4)[nH]nc3n2)c1OC. The lowest BCUT2D eigenvalue weighted by molar-refractivity contribution is 0.0699. The van der Waals surface area contributed by atoms with Gasteiger partial charge in [-0.1, -0.05) is 29.8 Å². The van der Waals surface area contributed by atoms with Crippen LogP contribution in [0.1, 0.15) is 10.4 Å². The van der Waals surface area contributed by atoms with Crippen molar-refractivity contribution in [3.8, 4) is 34.0 Å². The molecule has 0 amide bonds. The Kier molecular flexibility index (Phi) is 4.82. The topological polar surface area (TPSA) is 97.3 Å². The summed E-state index contributed by atoms with van der Waals surface area (Å²) >= 11 is 5.96. The Balaban J connectivity index is 1.97. The summed E-state index contributed by atoms with van der Waals surface area (Å²) in [6.45, 7) is 0. The van der Waals surface area contributed by atoms with Gasteiger partial charge >= 0.3 is 5.97 Å². The Morgan fingerprint density at radius 2 is 1.86 bits per heavy atom. The van der Waals surface area contributed by atoms with Gasteiger partial charge in [0.25, 0.3) is 0 Å². The van der Waals surface area contributed by atoms with Crippen LogP contribution in [-0.2, 0) is 0 Å². The summed E-state index contributed by atoms with van der Waals surface area (Å²) in [5.74, 6) is -0.101. The Morgan fingerprint density at radius 1 is 1.10 bits per heavy atom. The number of aromatic nitrogens is 3. The average molecular weight is 410 g/mol. The monoisotopic (exact) mass is 409 g/mol. The van der Waals surface area contributed by atoms with E-state index in [4.69, 9.17) is 21.1 Å². The molecule has 0 saturated carbocycles. The van der Waals surface area contributed by atoms with Crippen molar-refractivity contribution in [1.82, 2.24) is 15.2 Å². The van der Waals surface area contributed by atoms with Gasteiger partial charge in [0.15, 0.2) is 17.1 Å². The van der Waals surface area contributed by atoms with E-state index in [1.54, 1.807) is 42.5 Å². The average Bonchev–Trinajstić information content (AvgIpc) is 3.16. The molecule has 7 nitrogen and oxygen atoms in total. The Labute approximate surface area is 170 Å². The second kappa shape index (κ2) is 7.44. The molecule has 2 aromatic heterocycles. The number of halogens is 1. The van der Waals surface area contributed by atoms with Crippen molar-refractivity contribution >= 4 is 28.6 Å². The van der Waals surface area contributed by atoms with Gasteiger partial charge in [-0.2, -0.15) is 5.10 Å². The van der Waals surface area contributed by atoms with Gasteiger partial charge in [-0.05, 0) is 30.3 Å². The number of carboxylic acid groups (broad SMARTS) is 1. The normalized spacial score (nSPS) is 10.9. The highest BCUT2D eigenvalue weighted by molar-refractivity contribution is 6.30. The third-order valence-electron chi connectivity index (χ3n) is 4.57. The molecule has 0 unspecified atom stereocenters. The fraction of sp³-hybridized carbons (Fsp3) is 0.0952. The molecular weight excluding hydrogens is 394 g/mol. The van der Waals surface area contributed by atoms with Gasteiger partial charge in [-0.25, -0.2) is 9.78 Å². The van der Waals surface area contributed by atoms with E-state index in [-0.39, 0.29) is 11.2 Å². The number of aromatic amines is 1. The molecule has 0 fully saturated rings. The summed E-state index contributed by atoms with van der Waals surface area (Å²) < 4.78 is 10.8. The van der Waals surface area contributed by atoms with Gasteiger partial charge in [-0.3, -0.25) is 5.10 Å². The number of nitrogens with one attached hydrogen (secondary N) is 1. The number of para-hydroxylation sites is 1. The smallest absolute Gasteiger partial charge is 0.336 e. The maximum Gasteiger partial charge on any atom is 0.336 e. The Morgan fingerprint density at radius 3 is 2.52 bits per heavy atom. The third kappa shape index (κ3) is 3.25. The number of hydrogen-bond acceptors (Lipinski definition) is 5. The van der Waals surface area contributed by atoms with Gasteiger partial charge in [0.1, 0.15) is 0 Å². The number of aromatic carboxylic acids is 1. The molecule has 8 heteroatoms. The van der Waals surface area contributed by atoms with Crippen LogP contribution in [0.2, 0.25) is 5.02 Å². The number of hydrogen-bond donors (Lipinski definition) is 2. The van der Waals surface area contributed by atoms with E-state index in [0.717, 1.165) is 5.56 Å². The minimum atomic E-state index is -1.09. The van der Waals surface area contributed by atoms with E-state index in [0.29, 0.717) is 38.9 Å². The first-order chi connectivity index (χ1) is 14.0. The summed E-state index contributed by atoms with van der Waals surface area (Å²) in [5, 5.41) is 18.0. The van der Waals surface area contributed by atoms with E-state index in [2.05, 4.69) is 15.2 Å². The molecular formula is C21H16ClN3O4. The summed E-state index contributed by atoms with van der Waals surface area (Å²) in [4.78, 5) is 16.6. The molecule has 0 aliphatic heterocycles. The van der Waals surface area contributed by atoms with Crippen molar-refractivity contribution in [3.05, 3.63) is 59.1 Å². The zero-order chi connectivity index (χ0) is 20.5. The highest BCUT2D eigenvalue weighted by Crippen LogP contribution is 2.39. The first-order valence-corrected chi connectivity index (χ1v) is 9.01. The molecule has 0 atom stereocenters. The predicted molar refractivity (Wildman–Crippen MR) is 110 cm³/mol. The number of H-pyrrole nitrogens is 1. The standard InChI is InChI=1S/C21H16ClN3O4/c1-28-16-5-3-4-13(19(16)29-2)15-10-14(21(26)27)17-18(24-25-20(17)23-15)11-6-8-12(22)9-7-11/h3-10H,1-2H3,(H,26,27)(H,23,24,25). The molecule has 29 heavy (non-hydrogen) atoms. The molecule has 4 rings (SSSR count). The number of carboxylic acids is 1. The van der Waals surface area contributed by atoms with Gasteiger partial charge < -0.3 is 14.6 Å². The Hall–Kier alpha value is -3.58. The zero-order valence-electron chi connectivity index (χ0n) is 15.6. The lowest BCUT2D eigenvalue weighted by atomic mass is 10.0. The second-order valence-corrected chi connectivity index (χ2v) is 6.64. The summed E-state index contributed by atoms with van der Waals surface area (Å²) in [7, 11) is 3.05. The molecule has 2 aromatic carbocycles. The summed E-state index contributed by atoms with van der Waals surface area (Å²) in [6, 6.07) is 13.9. The van der Waals surface area contributed by atoms with Crippen LogP contribution in [0.5, 0.6) is 11.5 Å². The van der Waals surface area contributed by atoms with Gasteiger partial charge in [0, 0.05) is 16.1 Å². The number of fused-ring (bicyclic) bond motifs is 1. The van der Waals surface area contributed by atoms with Crippen molar-refractivity contribution in [1.29, 1.82) is 0 Å². The minimum absolute atomic E-state index is 0.0774. The molecule has 4 aromatic rings. The van der Waals surface area contributed by atoms with E-state index in [1.807, 2.05) is 0 Å². The van der Waals surface area contributed by atoms with Crippen LogP contribution in [0.25, 0.3) is 33.5 Å². The maximum atomic E-state index is 12.1. The van der Waals surface area contributed by atoms with E-state index in [1.165, 1.54) is 20.3 Å². The van der Waals surface area contributed by atoms with Crippen molar-refractivity contribution < 1.29 is 19.4 Å². The number of ether oxygens (including phenoxy) is 2. The molecule has 0 spiro atoms. The van der Waals surface area contributed by atoms with E-state index in [9.17, 15) is 9.90 Å². The molecule has 0 radical (unpaired) electrons. The van der Waals surface area contributed by atoms with Crippen molar-refractivity contribution in [3.63, 3.8) is 0 Å². The van der Waals surface area contributed by atoms with Crippen LogP contribution in [0.3, 0.4) is 0 Å². The Bertz CT molecular complexity index is 1220. The third-order valence-corrected chi connectivity index (χ3v) is 4.82. The number of nitrogens with zero attached hydrogens (tertiary/aromatic N) is 2. The number of rotatable bonds is 5. The van der Waals surface area contributed by atoms with Crippen LogP contribution in [0.15, 0.2) is 48.5 Å². The molecule has 146 valence electrons. The summed E-state index contributed by atoms with van der Waals surface area (Å²) in [6.07, 6.45) is 0. The van der Waals surface area contributed by atoms with Gasteiger partial charge in [0.05, 0.1) is 36.6 Å². The van der Waals surface area contributed by atoms with Crippen LogP contribution in [0.4, 0.5) is 0 Å². The van der Waals surface area contributed by atoms with Gasteiger partial charge in [0.2, 0.25) is 0 Å². The zero-order valence-corrected chi connectivity index (χ0v) is 16.3. The first-order valence-electron chi connectivity index (χ1n) is 8.63. The molecule has 2 N–H and O–H groups in total. The van der Waals surface area contributed by atoms with Crippen molar-refractivity contribution in [2.24, 2.45) is 0 Å². The number of carbonyl (C=O) groups is 1. The van der Waals surface area contributed by atoms with E-state index < -0.39 is 5.97 Å². The van der Waals surface area contributed by atoms with Crippen LogP contribution >= 0.6 is 11.6 Å². The molecule has 0 aliphatic carbocycles. The van der Waals surface area contributed by atoms with Crippen LogP contribution in [-0.4, -0.2) is 40.5 Å². The van der Waals surface area contributed by atoms with E-state index >= 15 is 0 Å². The highest BCUT2D eigenvalue weighted by atomic mass is 35.5. The fourth-order valence-electron chi connectivity index (χ4n) is 3.24.